The highest BCUT2D eigenvalue weighted by Gasteiger charge is 2.06. The number of aromatic carboxylic acids is 1. The van der Waals surface area contributed by atoms with Gasteiger partial charge in [-0.25, -0.2) is 9.78 Å². The summed E-state index contributed by atoms with van der Waals surface area (Å²) in [5, 5.41) is 8.83. The average molecular weight is 247 g/mol. The predicted molar refractivity (Wildman–Crippen MR) is 63.4 cm³/mol. The molecular formula is C12H13N3O3. The highest BCUT2D eigenvalue weighted by molar-refractivity contribution is 5.87. The van der Waals surface area contributed by atoms with E-state index >= 15 is 0 Å². The summed E-state index contributed by atoms with van der Waals surface area (Å²) in [6.07, 6.45) is 6.33. The Labute approximate surface area is 104 Å². The van der Waals surface area contributed by atoms with Crippen LogP contribution in [0.1, 0.15) is 23.1 Å². The van der Waals surface area contributed by atoms with Crippen molar-refractivity contribution in [3.05, 3.63) is 42.2 Å². The summed E-state index contributed by atoms with van der Waals surface area (Å²) in [6.45, 7) is 3.11. The summed E-state index contributed by atoms with van der Waals surface area (Å²) < 4.78 is 7.43. The van der Waals surface area contributed by atoms with Gasteiger partial charge in [-0.15, -0.1) is 0 Å². The van der Waals surface area contributed by atoms with Gasteiger partial charge in [0.1, 0.15) is 18.2 Å². The normalized spacial score (nSPS) is 10.3. The number of carboxylic acids is 1. The van der Waals surface area contributed by atoms with Crippen molar-refractivity contribution >= 4 is 5.97 Å². The first-order valence-electron chi connectivity index (χ1n) is 5.52. The highest BCUT2D eigenvalue weighted by atomic mass is 16.5. The van der Waals surface area contributed by atoms with Crippen molar-refractivity contribution in [3.63, 3.8) is 0 Å². The third kappa shape index (κ3) is 2.65. The molecule has 0 aliphatic rings. The zero-order valence-corrected chi connectivity index (χ0v) is 9.91. The second-order valence-electron chi connectivity index (χ2n) is 3.63. The molecule has 0 atom stereocenters. The summed E-state index contributed by atoms with van der Waals surface area (Å²) in [5.41, 5.74) is 0.103. The lowest BCUT2D eigenvalue weighted by Crippen LogP contribution is -2.06. The number of aromatic nitrogens is 3. The molecule has 0 radical (unpaired) electrons. The molecule has 1 N–H and O–H groups in total. The summed E-state index contributed by atoms with van der Waals surface area (Å²) in [7, 11) is 0. The van der Waals surface area contributed by atoms with Gasteiger partial charge in [-0.3, -0.25) is 4.98 Å². The van der Waals surface area contributed by atoms with Gasteiger partial charge in [0.25, 0.3) is 0 Å². The van der Waals surface area contributed by atoms with Crippen LogP contribution in [0.3, 0.4) is 0 Å². The van der Waals surface area contributed by atoms with Crippen molar-refractivity contribution in [1.29, 1.82) is 0 Å². The average Bonchev–Trinajstić information content (AvgIpc) is 2.84. The predicted octanol–water partition coefficient (Wildman–Crippen LogP) is 1.58. The minimum Gasteiger partial charge on any atom is -0.484 e. The highest BCUT2D eigenvalue weighted by Crippen LogP contribution is 2.13. The van der Waals surface area contributed by atoms with E-state index in [9.17, 15) is 4.79 Å². The molecule has 0 spiro atoms. The van der Waals surface area contributed by atoms with Gasteiger partial charge in [0, 0.05) is 25.1 Å². The Kier molecular flexibility index (Phi) is 3.57. The molecule has 2 heterocycles. The molecule has 0 aliphatic heterocycles. The lowest BCUT2D eigenvalue weighted by atomic mass is 10.3. The first kappa shape index (κ1) is 12.1. The van der Waals surface area contributed by atoms with Crippen molar-refractivity contribution in [2.45, 2.75) is 20.1 Å². The van der Waals surface area contributed by atoms with Crippen LogP contribution in [-0.2, 0) is 13.2 Å². The molecule has 6 nitrogen and oxygen atoms in total. The van der Waals surface area contributed by atoms with Gasteiger partial charge >= 0.3 is 5.97 Å². The minimum atomic E-state index is -1.02. The fourth-order valence-electron chi connectivity index (χ4n) is 1.53. The van der Waals surface area contributed by atoms with Crippen molar-refractivity contribution in [1.82, 2.24) is 14.5 Å². The number of ether oxygens (including phenoxy) is 1. The number of hydrogen-bond acceptors (Lipinski definition) is 4. The number of rotatable bonds is 5. The smallest absolute Gasteiger partial charge is 0.337 e. The van der Waals surface area contributed by atoms with E-state index in [1.54, 1.807) is 6.20 Å². The molecule has 0 fully saturated rings. The van der Waals surface area contributed by atoms with Crippen LogP contribution in [0.15, 0.2) is 30.9 Å². The second-order valence-corrected chi connectivity index (χ2v) is 3.63. The Balaban J connectivity index is 2.06. The number of hydrogen-bond donors (Lipinski definition) is 1. The van der Waals surface area contributed by atoms with E-state index in [1.165, 1.54) is 18.5 Å². The molecule has 2 aromatic rings. The van der Waals surface area contributed by atoms with Gasteiger partial charge in [-0.2, -0.15) is 0 Å². The maximum absolute atomic E-state index is 10.8. The molecule has 0 amide bonds. The van der Waals surface area contributed by atoms with Crippen molar-refractivity contribution in [2.75, 3.05) is 0 Å². The van der Waals surface area contributed by atoms with Crippen LogP contribution in [0, 0.1) is 0 Å². The van der Waals surface area contributed by atoms with Gasteiger partial charge in [-0.1, -0.05) is 0 Å². The first-order valence-corrected chi connectivity index (χ1v) is 5.52. The summed E-state index contributed by atoms with van der Waals surface area (Å²) >= 11 is 0. The maximum atomic E-state index is 10.8. The molecule has 6 heteroatoms. The summed E-state index contributed by atoms with van der Waals surface area (Å²) in [5.74, 6) is 0.182. The van der Waals surface area contributed by atoms with E-state index in [2.05, 4.69) is 9.97 Å². The van der Waals surface area contributed by atoms with E-state index in [-0.39, 0.29) is 12.2 Å². The summed E-state index contributed by atoms with van der Waals surface area (Å²) in [4.78, 5) is 18.8. The largest absolute Gasteiger partial charge is 0.484 e. The van der Waals surface area contributed by atoms with Gasteiger partial charge in [-0.05, 0) is 13.0 Å². The number of nitrogens with zero attached hydrogens (tertiary/aromatic N) is 3. The molecule has 0 aliphatic carbocycles. The van der Waals surface area contributed by atoms with Crippen LogP contribution in [0.2, 0.25) is 0 Å². The van der Waals surface area contributed by atoms with Gasteiger partial charge < -0.3 is 14.4 Å². The Morgan fingerprint density at radius 2 is 2.33 bits per heavy atom. The second kappa shape index (κ2) is 5.31. The zero-order valence-electron chi connectivity index (χ0n) is 9.91. The number of aryl methyl sites for hydroxylation is 1. The third-order valence-corrected chi connectivity index (χ3v) is 2.47. The monoisotopic (exact) mass is 247 g/mol. The van der Waals surface area contributed by atoms with Crippen LogP contribution >= 0.6 is 0 Å². The standard InChI is InChI=1S/C12H13N3O3/c1-2-15-4-3-14-11(15)8-18-10-5-9(12(16)17)6-13-7-10/h3-7H,2,8H2,1H3,(H,16,17). The van der Waals surface area contributed by atoms with Gasteiger partial charge in [0.15, 0.2) is 0 Å². The van der Waals surface area contributed by atoms with E-state index in [4.69, 9.17) is 9.84 Å². The molecule has 0 saturated carbocycles. The van der Waals surface area contributed by atoms with Crippen LogP contribution < -0.4 is 4.74 Å². The van der Waals surface area contributed by atoms with E-state index in [0.717, 1.165) is 12.4 Å². The molecule has 0 bridgehead atoms. The Hall–Kier alpha value is -2.37. The Bertz CT molecular complexity index is 551. The van der Waals surface area contributed by atoms with Crippen LogP contribution in [0.5, 0.6) is 5.75 Å². The summed E-state index contributed by atoms with van der Waals surface area (Å²) in [6, 6.07) is 1.44. The number of carboxylic acid groups (broad SMARTS) is 1. The fourth-order valence-corrected chi connectivity index (χ4v) is 1.53. The quantitative estimate of drug-likeness (QED) is 0.867. The van der Waals surface area contributed by atoms with Gasteiger partial charge in [0.05, 0.1) is 11.8 Å². The Morgan fingerprint density at radius 3 is 3.06 bits per heavy atom. The first-order chi connectivity index (χ1) is 8.70. The van der Waals surface area contributed by atoms with E-state index in [1.807, 2.05) is 17.7 Å². The van der Waals surface area contributed by atoms with Crippen molar-refractivity contribution in [2.24, 2.45) is 0 Å². The lowest BCUT2D eigenvalue weighted by molar-refractivity contribution is 0.0696. The third-order valence-electron chi connectivity index (χ3n) is 2.47. The molecule has 94 valence electrons. The number of carbonyl (C=O) groups is 1. The molecular weight excluding hydrogens is 234 g/mol. The lowest BCUT2D eigenvalue weighted by Gasteiger charge is -2.07. The minimum absolute atomic E-state index is 0.103. The SMILES string of the molecule is CCn1ccnc1COc1cncc(C(=O)O)c1. The van der Waals surface area contributed by atoms with Crippen molar-refractivity contribution < 1.29 is 14.6 Å². The molecule has 2 aromatic heterocycles. The number of pyridine rings is 1. The van der Waals surface area contributed by atoms with E-state index in [0.29, 0.717) is 5.75 Å². The van der Waals surface area contributed by atoms with E-state index < -0.39 is 5.97 Å². The topological polar surface area (TPSA) is 77.2 Å². The maximum Gasteiger partial charge on any atom is 0.337 e. The molecule has 2 rings (SSSR count). The molecule has 0 saturated heterocycles. The zero-order chi connectivity index (χ0) is 13.0. The van der Waals surface area contributed by atoms with Crippen LogP contribution in [0.25, 0.3) is 0 Å². The molecule has 0 aromatic carbocycles. The van der Waals surface area contributed by atoms with Crippen molar-refractivity contribution in [3.8, 4) is 5.75 Å². The fraction of sp³-hybridized carbons (Fsp3) is 0.250. The van der Waals surface area contributed by atoms with Crippen LogP contribution in [0.4, 0.5) is 0 Å². The molecule has 18 heavy (non-hydrogen) atoms. The van der Waals surface area contributed by atoms with Crippen LogP contribution in [-0.4, -0.2) is 25.6 Å². The Morgan fingerprint density at radius 1 is 1.50 bits per heavy atom. The molecule has 0 unspecified atom stereocenters. The number of imidazole rings is 1. The van der Waals surface area contributed by atoms with Gasteiger partial charge in [0.2, 0.25) is 0 Å².